The molecule has 21 heavy (non-hydrogen) atoms. The number of aliphatic carboxylic acids is 1. The van der Waals surface area contributed by atoms with Crippen molar-refractivity contribution < 1.29 is 19.5 Å². The largest absolute Gasteiger partial charge is 0.481 e. The molecule has 120 valence electrons. The van der Waals surface area contributed by atoms with E-state index in [-0.39, 0.29) is 24.8 Å². The first-order valence-electron chi connectivity index (χ1n) is 7.53. The normalized spacial score (nSPS) is 17.1. The van der Waals surface area contributed by atoms with Gasteiger partial charge in [-0.3, -0.25) is 14.4 Å². The van der Waals surface area contributed by atoms with E-state index in [0.29, 0.717) is 19.4 Å². The molecule has 0 heterocycles. The minimum atomic E-state index is -0.941. The highest BCUT2D eigenvalue weighted by atomic mass is 16.4. The van der Waals surface area contributed by atoms with Crippen molar-refractivity contribution >= 4 is 17.8 Å². The Morgan fingerprint density at radius 1 is 1.05 bits per heavy atom. The first kappa shape index (κ1) is 17.5. The lowest BCUT2D eigenvalue weighted by molar-refractivity contribution is -0.156. The SMILES string of the molecule is CCN(CC(=O)N(C)C)C(=O)CC1(C(=O)O)CCCCC1. The van der Waals surface area contributed by atoms with Gasteiger partial charge in [-0.2, -0.15) is 0 Å². The van der Waals surface area contributed by atoms with Crippen molar-refractivity contribution in [1.29, 1.82) is 0 Å². The molecule has 0 aromatic carbocycles. The van der Waals surface area contributed by atoms with Gasteiger partial charge in [0.05, 0.1) is 12.0 Å². The molecule has 0 spiro atoms. The van der Waals surface area contributed by atoms with Crippen LogP contribution in [0.25, 0.3) is 0 Å². The summed E-state index contributed by atoms with van der Waals surface area (Å²) in [4.78, 5) is 38.6. The van der Waals surface area contributed by atoms with E-state index in [2.05, 4.69) is 0 Å². The molecule has 6 nitrogen and oxygen atoms in total. The Morgan fingerprint density at radius 2 is 1.62 bits per heavy atom. The maximum Gasteiger partial charge on any atom is 0.310 e. The van der Waals surface area contributed by atoms with Crippen molar-refractivity contribution in [2.45, 2.75) is 45.4 Å². The number of hydrogen-bond acceptors (Lipinski definition) is 3. The van der Waals surface area contributed by atoms with Gasteiger partial charge in [0.25, 0.3) is 0 Å². The van der Waals surface area contributed by atoms with Crippen LogP contribution in [0.4, 0.5) is 0 Å². The van der Waals surface area contributed by atoms with Crippen molar-refractivity contribution in [2.24, 2.45) is 5.41 Å². The van der Waals surface area contributed by atoms with Crippen LogP contribution in [0, 0.1) is 5.41 Å². The van der Waals surface area contributed by atoms with E-state index in [4.69, 9.17) is 0 Å². The summed E-state index contributed by atoms with van der Waals surface area (Å²) in [7, 11) is 3.28. The zero-order chi connectivity index (χ0) is 16.0. The zero-order valence-electron chi connectivity index (χ0n) is 13.2. The van der Waals surface area contributed by atoms with E-state index in [1.807, 2.05) is 0 Å². The molecular formula is C15H26N2O4. The molecule has 0 unspecified atom stereocenters. The topological polar surface area (TPSA) is 77.9 Å². The first-order valence-corrected chi connectivity index (χ1v) is 7.53. The van der Waals surface area contributed by atoms with Crippen LogP contribution < -0.4 is 0 Å². The van der Waals surface area contributed by atoms with E-state index in [0.717, 1.165) is 19.3 Å². The van der Waals surface area contributed by atoms with E-state index >= 15 is 0 Å². The predicted octanol–water partition coefficient (Wildman–Crippen LogP) is 1.35. The molecule has 0 aromatic heterocycles. The number of carboxylic acids is 1. The van der Waals surface area contributed by atoms with Crippen LogP contribution in [0.1, 0.15) is 45.4 Å². The smallest absolute Gasteiger partial charge is 0.310 e. The van der Waals surface area contributed by atoms with Gasteiger partial charge in [0.1, 0.15) is 0 Å². The van der Waals surface area contributed by atoms with Crippen LogP contribution in [0.3, 0.4) is 0 Å². The summed E-state index contributed by atoms with van der Waals surface area (Å²) in [6.45, 7) is 2.22. The molecule has 1 fully saturated rings. The lowest BCUT2D eigenvalue weighted by Crippen LogP contribution is -2.44. The van der Waals surface area contributed by atoms with Crippen LogP contribution in [-0.2, 0) is 14.4 Å². The Morgan fingerprint density at radius 3 is 2.05 bits per heavy atom. The van der Waals surface area contributed by atoms with Gasteiger partial charge in [-0.25, -0.2) is 0 Å². The van der Waals surface area contributed by atoms with Crippen LogP contribution in [0.2, 0.25) is 0 Å². The van der Waals surface area contributed by atoms with Gasteiger partial charge in [0.2, 0.25) is 11.8 Å². The molecule has 0 atom stereocenters. The number of carboxylic acid groups (broad SMARTS) is 1. The van der Waals surface area contributed by atoms with Gasteiger partial charge < -0.3 is 14.9 Å². The predicted molar refractivity (Wildman–Crippen MR) is 78.7 cm³/mol. The van der Waals surface area contributed by atoms with Crippen molar-refractivity contribution in [3.05, 3.63) is 0 Å². The second-order valence-corrected chi connectivity index (χ2v) is 6.02. The number of likely N-dealkylation sites (N-methyl/N-ethyl adjacent to an activating group) is 2. The fraction of sp³-hybridized carbons (Fsp3) is 0.800. The fourth-order valence-electron chi connectivity index (χ4n) is 2.78. The monoisotopic (exact) mass is 298 g/mol. The second-order valence-electron chi connectivity index (χ2n) is 6.02. The Hall–Kier alpha value is -1.59. The summed E-state index contributed by atoms with van der Waals surface area (Å²) in [6, 6.07) is 0. The van der Waals surface area contributed by atoms with Crippen LogP contribution in [0.5, 0.6) is 0 Å². The molecule has 0 aliphatic heterocycles. The molecule has 6 heteroatoms. The summed E-state index contributed by atoms with van der Waals surface area (Å²) in [6.07, 6.45) is 3.82. The quantitative estimate of drug-likeness (QED) is 0.803. The van der Waals surface area contributed by atoms with Gasteiger partial charge in [-0.05, 0) is 19.8 Å². The molecule has 1 aliphatic carbocycles. The lowest BCUT2D eigenvalue weighted by atomic mass is 9.71. The first-order chi connectivity index (χ1) is 9.82. The fourth-order valence-corrected chi connectivity index (χ4v) is 2.78. The molecule has 0 aromatic rings. The molecular weight excluding hydrogens is 272 g/mol. The van der Waals surface area contributed by atoms with Crippen molar-refractivity contribution in [1.82, 2.24) is 9.80 Å². The van der Waals surface area contributed by atoms with Crippen molar-refractivity contribution in [3.8, 4) is 0 Å². The van der Waals surface area contributed by atoms with E-state index in [9.17, 15) is 19.5 Å². The molecule has 1 N–H and O–H groups in total. The van der Waals surface area contributed by atoms with E-state index in [1.54, 1.807) is 21.0 Å². The number of hydrogen-bond donors (Lipinski definition) is 1. The summed E-state index contributed by atoms with van der Waals surface area (Å²) >= 11 is 0. The van der Waals surface area contributed by atoms with E-state index in [1.165, 1.54) is 9.80 Å². The summed E-state index contributed by atoms with van der Waals surface area (Å²) < 4.78 is 0. The number of nitrogens with zero attached hydrogens (tertiary/aromatic N) is 2. The van der Waals surface area contributed by atoms with Crippen molar-refractivity contribution in [3.63, 3.8) is 0 Å². The van der Waals surface area contributed by atoms with Crippen LogP contribution in [-0.4, -0.2) is 59.9 Å². The minimum absolute atomic E-state index is 0.00309. The summed E-state index contributed by atoms with van der Waals surface area (Å²) in [5.74, 6) is -1.28. The third-order valence-corrected chi connectivity index (χ3v) is 4.31. The molecule has 1 aliphatic rings. The standard InChI is InChI=1S/C15H26N2O4/c1-4-17(11-13(19)16(2)3)12(18)10-15(14(20)21)8-6-5-7-9-15/h4-11H2,1-3H3,(H,20,21). The average molecular weight is 298 g/mol. The van der Waals surface area contributed by atoms with Gasteiger partial charge >= 0.3 is 5.97 Å². The van der Waals surface area contributed by atoms with Crippen LogP contribution >= 0.6 is 0 Å². The Balaban J connectivity index is 2.75. The van der Waals surface area contributed by atoms with E-state index < -0.39 is 11.4 Å². The average Bonchev–Trinajstić information content (AvgIpc) is 2.44. The maximum absolute atomic E-state index is 12.4. The van der Waals surface area contributed by atoms with Gasteiger partial charge in [0, 0.05) is 27.1 Å². The highest BCUT2D eigenvalue weighted by Crippen LogP contribution is 2.40. The van der Waals surface area contributed by atoms with Crippen LogP contribution in [0.15, 0.2) is 0 Å². The maximum atomic E-state index is 12.4. The summed E-state index contributed by atoms with van der Waals surface area (Å²) in [5, 5.41) is 9.52. The molecule has 1 saturated carbocycles. The second kappa shape index (κ2) is 7.43. The lowest BCUT2D eigenvalue weighted by Gasteiger charge is -2.34. The Kier molecular flexibility index (Phi) is 6.18. The third-order valence-electron chi connectivity index (χ3n) is 4.31. The molecule has 0 saturated heterocycles. The van der Waals surface area contributed by atoms with Gasteiger partial charge in [-0.1, -0.05) is 19.3 Å². The number of rotatable bonds is 6. The highest BCUT2D eigenvalue weighted by Gasteiger charge is 2.42. The molecule has 1 rings (SSSR count). The van der Waals surface area contributed by atoms with Gasteiger partial charge in [0.15, 0.2) is 0 Å². The van der Waals surface area contributed by atoms with Gasteiger partial charge in [-0.15, -0.1) is 0 Å². The molecule has 2 amide bonds. The number of carbonyl (C=O) groups is 3. The zero-order valence-corrected chi connectivity index (χ0v) is 13.2. The minimum Gasteiger partial charge on any atom is -0.481 e. The number of amides is 2. The Labute approximate surface area is 126 Å². The third kappa shape index (κ3) is 4.44. The Bertz CT molecular complexity index is 400. The highest BCUT2D eigenvalue weighted by molar-refractivity contribution is 5.88. The molecule has 0 bridgehead atoms. The molecule has 0 radical (unpaired) electrons. The number of carbonyl (C=O) groups excluding carboxylic acids is 2. The summed E-state index contributed by atoms with van der Waals surface area (Å²) in [5.41, 5.74) is -0.941. The van der Waals surface area contributed by atoms with Crippen molar-refractivity contribution in [2.75, 3.05) is 27.2 Å².